The molecule has 0 spiro atoms. The van der Waals surface area contributed by atoms with Gasteiger partial charge in [-0.1, -0.05) is 20.8 Å². The average Bonchev–Trinajstić information content (AvgIpc) is 3.05. The number of nitrogens with one attached hydrogen (secondary N) is 2. The Morgan fingerprint density at radius 3 is 2.86 bits per heavy atom. The molecule has 0 saturated heterocycles. The van der Waals surface area contributed by atoms with Gasteiger partial charge in [-0.3, -0.25) is 5.10 Å². The molecule has 0 aliphatic heterocycles. The van der Waals surface area contributed by atoms with Crippen LogP contribution in [0.3, 0.4) is 0 Å². The summed E-state index contributed by atoms with van der Waals surface area (Å²) in [6.45, 7) is 7.14. The highest BCUT2D eigenvalue weighted by atomic mass is 15.2. The van der Waals surface area contributed by atoms with Gasteiger partial charge in [0, 0.05) is 6.04 Å². The highest BCUT2D eigenvalue weighted by molar-refractivity contribution is 5.87. The normalized spacial score (nSPS) is 33.7. The van der Waals surface area contributed by atoms with Gasteiger partial charge in [0.25, 0.3) is 0 Å². The lowest BCUT2D eigenvalue weighted by Crippen LogP contribution is -2.46. The molecule has 3 atom stereocenters. The lowest BCUT2D eigenvalue weighted by atomic mass is 9.68. The van der Waals surface area contributed by atoms with Crippen molar-refractivity contribution in [2.45, 2.75) is 46.1 Å². The molecule has 4 N–H and O–H groups in total. The van der Waals surface area contributed by atoms with Crippen LogP contribution in [0.5, 0.6) is 0 Å². The summed E-state index contributed by atoms with van der Waals surface area (Å²) in [4.78, 5) is 8.59. The molecule has 0 radical (unpaired) electrons. The molecule has 2 heterocycles. The van der Waals surface area contributed by atoms with Crippen molar-refractivity contribution in [1.82, 2.24) is 20.2 Å². The summed E-state index contributed by atoms with van der Waals surface area (Å²) in [5, 5.41) is 11.5. The highest BCUT2D eigenvalue weighted by Crippen LogP contribution is 2.63. The van der Waals surface area contributed by atoms with Crippen LogP contribution in [-0.2, 0) is 0 Å². The summed E-state index contributed by atoms with van der Waals surface area (Å²) in [6, 6.07) is 0.399. The van der Waals surface area contributed by atoms with Gasteiger partial charge in [0.05, 0.1) is 11.6 Å². The van der Waals surface area contributed by atoms with Crippen molar-refractivity contribution < 1.29 is 0 Å². The Morgan fingerprint density at radius 2 is 2.14 bits per heavy atom. The number of aromatic amines is 1. The van der Waals surface area contributed by atoms with Crippen LogP contribution in [0.1, 0.15) is 40.0 Å². The van der Waals surface area contributed by atoms with E-state index < -0.39 is 0 Å². The van der Waals surface area contributed by atoms with Crippen molar-refractivity contribution in [3.63, 3.8) is 0 Å². The van der Waals surface area contributed by atoms with E-state index in [1.165, 1.54) is 19.3 Å². The van der Waals surface area contributed by atoms with Gasteiger partial charge in [0.1, 0.15) is 5.82 Å². The third-order valence-electron chi connectivity index (χ3n) is 5.88. The zero-order valence-corrected chi connectivity index (χ0v) is 12.8. The maximum Gasteiger partial charge on any atom is 0.224 e. The van der Waals surface area contributed by atoms with E-state index in [-0.39, 0.29) is 11.4 Å². The Balaban J connectivity index is 1.76. The van der Waals surface area contributed by atoms with Crippen LogP contribution in [-0.4, -0.2) is 26.2 Å². The monoisotopic (exact) mass is 286 g/mol. The molecule has 2 aliphatic carbocycles. The fraction of sp³-hybridized carbons (Fsp3) is 0.667. The first-order valence-electron chi connectivity index (χ1n) is 7.63. The first-order chi connectivity index (χ1) is 9.90. The van der Waals surface area contributed by atoms with E-state index >= 15 is 0 Å². The maximum atomic E-state index is 5.82. The van der Waals surface area contributed by atoms with E-state index in [0.29, 0.717) is 17.1 Å². The number of anilines is 2. The van der Waals surface area contributed by atoms with Gasteiger partial charge in [-0.05, 0) is 36.0 Å². The molecule has 2 aliphatic rings. The van der Waals surface area contributed by atoms with E-state index in [1.807, 2.05) is 0 Å². The Bertz CT molecular complexity index is 700. The number of nitrogens with zero attached hydrogens (tertiary/aromatic N) is 3. The van der Waals surface area contributed by atoms with E-state index in [2.05, 4.69) is 46.3 Å². The molecular formula is C15H22N6. The predicted molar refractivity (Wildman–Crippen MR) is 82.7 cm³/mol. The van der Waals surface area contributed by atoms with Crippen LogP contribution < -0.4 is 11.1 Å². The van der Waals surface area contributed by atoms with E-state index in [9.17, 15) is 0 Å². The number of aromatic nitrogens is 4. The maximum absolute atomic E-state index is 5.82. The Morgan fingerprint density at radius 1 is 1.33 bits per heavy atom. The molecule has 2 saturated carbocycles. The van der Waals surface area contributed by atoms with Crippen LogP contribution in [0.2, 0.25) is 0 Å². The first-order valence-corrected chi connectivity index (χ1v) is 7.63. The van der Waals surface area contributed by atoms with Crippen LogP contribution >= 0.6 is 0 Å². The van der Waals surface area contributed by atoms with Crippen molar-refractivity contribution in [3.05, 3.63) is 6.20 Å². The molecule has 4 rings (SSSR count). The van der Waals surface area contributed by atoms with Gasteiger partial charge >= 0.3 is 0 Å². The fourth-order valence-electron chi connectivity index (χ4n) is 4.76. The number of fused-ring (bicyclic) bond motifs is 3. The SMILES string of the molecule is CC12CCC(C1)C(C)(C)C2Nc1nc(N)nc2[nH]ncc12. The topological polar surface area (TPSA) is 92.5 Å². The van der Waals surface area contributed by atoms with E-state index in [4.69, 9.17) is 5.73 Å². The second-order valence-corrected chi connectivity index (χ2v) is 7.56. The Kier molecular flexibility index (Phi) is 2.37. The van der Waals surface area contributed by atoms with Crippen LogP contribution in [0.25, 0.3) is 11.0 Å². The van der Waals surface area contributed by atoms with Gasteiger partial charge < -0.3 is 11.1 Å². The van der Waals surface area contributed by atoms with Crippen LogP contribution in [0, 0.1) is 16.7 Å². The highest BCUT2D eigenvalue weighted by Gasteiger charge is 2.59. The molecule has 2 aromatic heterocycles. The van der Waals surface area contributed by atoms with Crippen molar-refractivity contribution >= 4 is 22.8 Å². The summed E-state index contributed by atoms with van der Waals surface area (Å²) >= 11 is 0. The van der Waals surface area contributed by atoms with Gasteiger partial charge in [-0.15, -0.1) is 0 Å². The van der Waals surface area contributed by atoms with Crippen molar-refractivity contribution in [2.75, 3.05) is 11.1 Å². The number of nitrogens with two attached hydrogens (primary N) is 1. The predicted octanol–water partition coefficient (Wildman–Crippen LogP) is 2.56. The van der Waals surface area contributed by atoms with Gasteiger partial charge in [0.2, 0.25) is 5.95 Å². The summed E-state index contributed by atoms with van der Waals surface area (Å²) in [5.41, 5.74) is 7.12. The first kappa shape index (κ1) is 12.9. The lowest BCUT2D eigenvalue weighted by molar-refractivity contribution is 0.155. The molecule has 112 valence electrons. The molecule has 3 unspecified atom stereocenters. The summed E-state index contributed by atoms with van der Waals surface area (Å²) in [7, 11) is 0. The molecule has 2 bridgehead atoms. The minimum Gasteiger partial charge on any atom is -0.368 e. The molecule has 6 nitrogen and oxygen atoms in total. The summed E-state index contributed by atoms with van der Waals surface area (Å²) in [6.07, 6.45) is 5.69. The van der Waals surface area contributed by atoms with Crippen LogP contribution in [0.4, 0.5) is 11.8 Å². The minimum atomic E-state index is 0.267. The summed E-state index contributed by atoms with van der Waals surface area (Å²) < 4.78 is 0. The Labute approximate surface area is 123 Å². The molecule has 2 aromatic rings. The number of rotatable bonds is 2. The van der Waals surface area contributed by atoms with Crippen molar-refractivity contribution in [3.8, 4) is 0 Å². The standard InChI is InChI=1S/C15H22N6/c1-14(2)8-4-5-15(3,6-8)12(14)18-10-9-7-17-21-11(9)20-13(16)19-10/h7-8,12H,4-6H2,1-3H3,(H4,16,17,18,19,20,21). The quantitative estimate of drug-likeness (QED) is 0.789. The van der Waals surface area contributed by atoms with Gasteiger partial charge in [-0.2, -0.15) is 15.1 Å². The van der Waals surface area contributed by atoms with Gasteiger partial charge in [0.15, 0.2) is 5.65 Å². The van der Waals surface area contributed by atoms with Crippen LogP contribution in [0.15, 0.2) is 6.20 Å². The van der Waals surface area contributed by atoms with Gasteiger partial charge in [-0.25, -0.2) is 0 Å². The Hall–Kier alpha value is -1.85. The molecule has 6 heteroatoms. The van der Waals surface area contributed by atoms with E-state index in [0.717, 1.165) is 17.1 Å². The second kappa shape index (κ2) is 3.87. The lowest BCUT2D eigenvalue weighted by Gasteiger charge is -2.43. The number of nitrogen functional groups attached to an aromatic ring is 1. The van der Waals surface area contributed by atoms with Crippen molar-refractivity contribution in [2.24, 2.45) is 16.7 Å². The zero-order valence-electron chi connectivity index (χ0n) is 12.8. The number of hydrogen-bond donors (Lipinski definition) is 3. The molecule has 2 fully saturated rings. The zero-order chi connectivity index (χ0) is 14.8. The largest absolute Gasteiger partial charge is 0.368 e. The average molecular weight is 286 g/mol. The molecule has 0 amide bonds. The summed E-state index contributed by atoms with van der Waals surface area (Å²) in [5.74, 6) is 1.87. The fourth-order valence-corrected chi connectivity index (χ4v) is 4.76. The molecule has 21 heavy (non-hydrogen) atoms. The second-order valence-electron chi connectivity index (χ2n) is 7.56. The smallest absolute Gasteiger partial charge is 0.224 e. The molecular weight excluding hydrogens is 264 g/mol. The molecule has 0 aromatic carbocycles. The third kappa shape index (κ3) is 1.68. The minimum absolute atomic E-state index is 0.267. The van der Waals surface area contributed by atoms with Crippen molar-refractivity contribution in [1.29, 1.82) is 0 Å². The number of hydrogen-bond acceptors (Lipinski definition) is 5. The third-order valence-corrected chi connectivity index (χ3v) is 5.88. The number of H-pyrrole nitrogens is 1. The van der Waals surface area contributed by atoms with E-state index in [1.54, 1.807) is 6.20 Å².